The molecule has 24 heavy (non-hydrogen) atoms. The van der Waals surface area contributed by atoms with E-state index in [0.717, 1.165) is 11.5 Å². The maximum atomic E-state index is 12.2. The third-order valence-corrected chi connectivity index (χ3v) is 5.91. The Labute approximate surface area is 144 Å². The number of aromatic amines is 1. The largest absolute Gasteiger partial charge is 0.348 e. The average Bonchev–Trinajstić information content (AvgIpc) is 2.51. The molecule has 7 nitrogen and oxygen atoms in total. The molecule has 2 N–H and O–H groups in total. The number of piperidine rings is 1. The number of H-pyrrole nitrogens is 1. The van der Waals surface area contributed by atoms with E-state index in [1.54, 1.807) is 6.92 Å². The van der Waals surface area contributed by atoms with Crippen molar-refractivity contribution >= 4 is 23.6 Å². The first-order chi connectivity index (χ1) is 11.5. The molecule has 0 radical (unpaired) electrons. The number of hydrogen-bond acceptors (Lipinski definition) is 5. The molecule has 2 amide bonds. The predicted molar refractivity (Wildman–Crippen MR) is 92.1 cm³/mol. The van der Waals surface area contributed by atoms with Gasteiger partial charge in [-0.1, -0.05) is 0 Å². The minimum atomic E-state index is -0.451. The number of rotatable bonds is 4. The molecule has 130 valence electrons. The smallest absolute Gasteiger partial charge is 0.276 e. The van der Waals surface area contributed by atoms with E-state index in [0.29, 0.717) is 44.0 Å². The number of amides is 2. The topological polar surface area (TPSA) is 95.2 Å². The van der Waals surface area contributed by atoms with Gasteiger partial charge in [0.15, 0.2) is 5.69 Å². The molecule has 0 atom stereocenters. The molecule has 2 fully saturated rings. The molecule has 0 spiro atoms. The normalized spacial score (nSPS) is 19.0. The number of nitrogens with one attached hydrogen (secondary N) is 2. The minimum Gasteiger partial charge on any atom is -0.348 e. The van der Waals surface area contributed by atoms with Crippen molar-refractivity contribution in [1.29, 1.82) is 0 Å². The zero-order valence-corrected chi connectivity index (χ0v) is 14.5. The molecular formula is C16H22N4O3S. The molecule has 2 aliphatic rings. The quantitative estimate of drug-likeness (QED) is 0.827. The summed E-state index contributed by atoms with van der Waals surface area (Å²) in [4.78, 5) is 38.1. The van der Waals surface area contributed by atoms with E-state index in [1.807, 2.05) is 16.7 Å². The van der Waals surface area contributed by atoms with E-state index in [2.05, 4.69) is 15.5 Å². The van der Waals surface area contributed by atoms with Gasteiger partial charge in [-0.15, -0.1) is 0 Å². The molecule has 2 saturated heterocycles. The molecule has 1 aromatic rings. The van der Waals surface area contributed by atoms with Gasteiger partial charge in [-0.2, -0.15) is 16.9 Å². The molecule has 0 saturated carbocycles. The first-order valence-corrected chi connectivity index (χ1v) is 9.41. The number of thioether (sulfide) groups is 1. The fourth-order valence-electron chi connectivity index (χ4n) is 2.96. The van der Waals surface area contributed by atoms with Crippen LogP contribution in [-0.4, -0.2) is 57.5 Å². The minimum absolute atomic E-state index is 0.0247. The van der Waals surface area contributed by atoms with E-state index in [9.17, 15) is 14.4 Å². The van der Waals surface area contributed by atoms with E-state index >= 15 is 0 Å². The van der Waals surface area contributed by atoms with Crippen LogP contribution in [0.5, 0.6) is 0 Å². The Morgan fingerprint density at radius 1 is 1.38 bits per heavy atom. The highest BCUT2D eigenvalue weighted by Crippen LogP contribution is 2.28. The number of carbonyl (C=O) groups excluding carboxylic acids is 2. The van der Waals surface area contributed by atoms with Gasteiger partial charge in [0.1, 0.15) is 0 Å². The third kappa shape index (κ3) is 3.98. The van der Waals surface area contributed by atoms with Gasteiger partial charge in [-0.3, -0.25) is 19.5 Å². The SMILES string of the molecule is Cc1cc(=O)c(C(=O)NC2CCN(C(=O)CC3CSC3)CC2)n[nH]1. The van der Waals surface area contributed by atoms with Crippen LogP contribution >= 0.6 is 11.8 Å². The highest BCUT2D eigenvalue weighted by atomic mass is 32.2. The molecule has 3 heterocycles. The Bertz CT molecular complexity index is 678. The summed E-state index contributed by atoms with van der Waals surface area (Å²) in [5.41, 5.74) is 0.129. The van der Waals surface area contributed by atoms with Crippen LogP contribution in [0.3, 0.4) is 0 Å². The summed E-state index contributed by atoms with van der Waals surface area (Å²) >= 11 is 1.89. The van der Waals surface area contributed by atoms with Crippen LogP contribution in [0.2, 0.25) is 0 Å². The molecule has 0 aromatic carbocycles. The maximum absolute atomic E-state index is 12.2. The van der Waals surface area contributed by atoms with Crippen molar-refractivity contribution in [3.05, 3.63) is 27.7 Å². The summed E-state index contributed by atoms with van der Waals surface area (Å²) in [6.07, 6.45) is 2.06. The number of aryl methyl sites for hydroxylation is 1. The number of aromatic nitrogens is 2. The van der Waals surface area contributed by atoms with Gasteiger partial charge in [0, 0.05) is 37.3 Å². The first kappa shape index (κ1) is 17.0. The van der Waals surface area contributed by atoms with Gasteiger partial charge in [-0.05, 0) is 37.2 Å². The second kappa shape index (κ2) is 7.38. The molecule has 0 unspecified atom stereocenters. The van der Waals surface area contributed by atoms with Crippen LogP contribution in [0.1, 0.15) is 35.4 Å². The van der Waals surface area contributed by atoms with E-state index in [4.69, 9.17) is 0 Å². The van der Waals surface area contributed by atoms with Gasteiger partial charge in [0.05, 0.1) is 0 Å². The van der Waals surface area contributed by atoms with Crippen LogP contribution in [0.15, 0.2) is 10.9 Å². The van der Waals surface area contributed by atoms with Crippen molar-refractivity contribution in [2.24, 2.45) is 5.92 Å². The zero-order chi connectivity index (χ0) is 17.1. The van der Waals surface area contributed by atoms with Gasteiger partial charge in [-0.25, -0.2) is 0 Å². The van der Waals surface area contributed by atoms with Crippen LogP contribution in [-0.2, 0) is 4.79 Å². The Morgan fingerprint density at radius 2 is 2.08 bits per heavy atom. The highest BCUT2D eigenvalue weighted by Gasteiger charge is 2.28. The van der Waals surface area contributed by atoms with Gasteiger partial charge < -0.3 is 10.2 Å². The molecule has 0 aliphatic carbocycles. The first-order valence-electron chi connectivity index (χ1n) is 8.25. The summed E-state index contributed by atoms with van der Waals surface area (Å²) < 4.78 is 0. The summed E-state index contributed by atoms with van der Waals surface area (Å²) in [5.74, 6) is 2.50. The maximum Gasteiger partial charge on any atom is 0.276 e. The Balaban J connectivity index is 1.48. The Kier molecular flexibility index (Phi) is 5.23. The highest BCUT2D eigenvalue weighted by molar-refractivity contribution is 8.00. The third-order valence-electron chi connectivity index (χ3n) is 4.49. The van der Waals surface area contributed by atoms with Crippen molar-refractivity contribution in [1.82, 2.24) is 20.4 Å². The predicted octanol–water partition coefficient (Wildman–Crippen LogP) is 0.552. The summed E-state index contributed by atoms with van der Waals surface area (Å²) in [6.45, 7) is 3.02. The Hall–Kier alpha value is -1.83. The summed E-state index contributed by atoms with van der Waals surface area (Å²) in [7, 11) is 0. The fraction of sp³-hybridized carbons (Fsp3) is 0.625. The number of likely N-dealkylation sites (tertiary alicyclic amines) is 1. The monoisotopic (exact) mass is 350 g/mol. The molecule has 3 rings (SSSR count). The van der Waals surface area contributed by atoms with E-state index in [-0.39, 0.29) is 23.1 Å². The lowest BCUT2D eigenvalue weighted by Gasteiger charge is -2.34. The summed E-state index contributed by atoms with van der Waals surface area (Å²) in [6, 6.07) is 1.34. The number of hydrogen-bond donors (Lipinski definition) is 2. The van der Waals surface area contributed by atoms with E-state index < -0.39 is 5.91 Å². The molecule has 1 aromatic heterocycles. The second-order valence-electron chi connectivity index (χ2n) is 6.50. The van der Waals surface area contributed by atoms with Gasteiger partial charge >= 0.3 is 0 Å². The van der Waals surface area contributed by atoms with E-state index in [1.165, 1.54) is 6.07 Å². The average molecular weight is 350 g/mol. The van der Waals surface area contributed by atoms with Gasteiger partial charge in [0.25, 0.3) is 5.91 Å². The molecule has 8 heteroatoms. The van der Waals surface area contributed by atoms with Crippen LogP contribution < -0.4 is 10.7 Å². The van der Waals surface area contributed by atoms with Crippen LogP contribution in [0, 0.1) is 12.8 Å². The van der Waals surface area contributed by atoms with Crippen molar-refractivity contribution in [2.45, 2.75) is 32.2 Å². The van der Waals surface area contributed by atoms with Crippen molar-refractivity contribution in [2.75, 3.05) is 24.6 Å². The lowest BCUT2D eigenvalue weighted by Crippen LogP contribution is -2.48. The fourth-order valence-corrected chi connectivity index (χ4v) is 3.77. The summed E-state index contributed by atoms with van der Waals surface area (Å²) in [5, 5.41) is 9.32. The van der Waals surface area contributed by atoms with Gasteiger partial charge in [0.2, 0.25) is 11.3 Å². The molecule has 0 bridgehead atoms. The second-order valence-corrected chi connectivity index (χ2v) is 7.57. The van der Waals surface area contributed by atoms with Crippen LogP contribution in [0.25, 0.3) is 0 Å². The number of carbonyl (C=O) groups is 2. The van der Waals surface area contributed by atoms with Crippen molar-refractivity contribution in [3.8, 4) is 0 Å². The van der Waals surface area contributed by atoms with Crippen LogP contribution in [0.4, 0.5) is 0 Å². The van der Waals surface area contributed by atoms with Crippen molar-refractivity contribution in [3.63, 3.8) is 0 Å². The Morgan fingerprint density at radius 3 is 2.67 bits per heavy atom. The standard InChI is InChI=1S/C16H22N4O3S/c1-10-6-13(21)15(19-18-10)16(23)17-12-2-4-20(5-3-12)14(22)7-11-8-24-9-11/h6,11-12H,2-5,7-9H2,1H3,(H,17,23)(H,18,21). The lowest BCUT2D eigenvalue weighted by atomic mass is 10.0. The molecular weight excluding hydrogens is 328 g/mol. The lowest BCUT2D eigenvalue weighted by molar-refractivity contribution is -0.133. The number of nitrogens with zero attached hydrogens (tertiary/aromatic N) is 2. The zero-order valence-electron chi connectivity index (χ0n) is 13.7. The van der Waals surface area contributed by atoms with Crippen molar-refractivity contribution < 1.29 is 9.59 Å². The molecule has 2 aliphatic heterocycles.